The van der Waals surface area contributed by atoms with Crippen LogP contribution in [0.4, 0.5) is 0 Å². The van der Waals surface area contributed by atoms with E-state index in [0.717, 1.165) is 0 Å². The summed E-state index contributed by atoms with van der Waals surface area (Å²) < 4.78 is 4.89. The first-order valence-corrected chi connectivity index (χ1v) is 4.93. The predicted octanol–water partition coefficient (Wildman–Crippen LogP) is 0.824. The average molecular weight is 226 g/mol. The van der Waals surface area contributed by atoms with E-state index in [2.05, 4.69) is 10.3 Å². The van der Waals surface area contributed by atoms with E-state index in [-0.39, 0.29) is 11.7 Å². The standard InChI is InChI=1S/C10H14N2O4/c1-6(10(14)15)3-4-11-9(13)8-7(2)12-5-16-8/h5-6H,3-4H2,1-2H3,(H,11,13)(H,14,15). The predicted molar refractivity (Wildman–Crippen MR) is 55.0 cm³/mol. The molecule has 1 atom stereocenters. The molecule has 0 radical (unpaired) electrons. The maximum atomic E-state index is 11.5. The van der Waals surface area contributed by atoms with Gasteiger partial charge in [-0.3, -0.25) is 9.59 Å². The minimum Gasteiger partial charge on any atom is -0.481 e. The lowest BCUT2D eigenvalue weighted by Gasteiger charge is -2.06. The molecule has 0 bridgehead atoms. The number of aliphatic carboxylic acids is 1. The van der Waals surface area contributed by atoms with Gasteiger partial charge in [0.15, 0.2) is 6.39 Å². The molecule has 1 amide bonds. The van der Waals surface area contributed by atoms with E-state index in [1.54, 1.807) is 13.8 Å². The Kier molecular flexibility index (Phi) is 4.04. The Balaban J connectivity index is 2.37. The van der Waals surface area contributed by atoms with Crippen LogP contribution in [-0.2, 0) is 4.79 Å². The number of amides is 1. The number of nitrogens with zero attached hydrogens (tertiary/aromatic N) is 1. The Morgan fingerprint density at radius 1 is 1.62 bits per heavy atom. The van der Waals surface area contributed by atoms with Gasteiger partial charge in [0, 0.05) is 6.54 Å². The first kappa shape index (κ1) is 12.2. The minimum absolute atomic E-state index is 0.169. The fourth-order valence-electron chi connectivity index (χ4n) is 1.13. The number of hydrogen-bond donors (Lipinski definition) is 2. The van der Waals surface area contributed by atoms with Crippen molar-refractivity contribution >= 4 is 11.9 Å². The third-order valence-electron chi connectivity index (χ3n) is 2.24. The number of hydrogen-bond acceptors (Lipinski definition) is 4. The molecule has 1 unspecified atom stereocenters. The van der Waals surface area contributed by atoms with Gasteiger partial charge >= 0.3 is 5.97 Å². The number of carbonyl (C=O) groups is 2. The van der Waals surface area contributed by atoms with Crippen molar-refractivity contribution in [1.82, 2.24) is 10.3 Å². The highest BCUT2D eigenvalue weighted by atomic mass is 16.4. The summed E-state index contributed by atoms with van der Waals surface area (Å²) in [5, 5.41) is 11.2. The Morgan fingerprint density at radius 2 is 2.31 bits per heavy atom. The van der Waals surface area contributed by atoms with Crippen LogP contribution in [0.3, 0.4) is 0 Å². The first-order valence-electron chi connectivity index (χ1n) is 4.93. The molecule has 0 aromatic carbocycles. The zero-order chi connectivity index (χ0) is 12.1. The third kappa shape index (κ3) is 3.08. The van der Waals surface area contributed by atoms with Crippen LogP contribution in [0.2, 0.25) is 0 Å². The van der Waals surface area contributed by atoms with Crippen LogP contribution in [-0.4, -0.2) is 28.5 Å². The van der Waals surface area contributed by atoms with Gasteiger partial charge in [0.25, 0.3) is 5.91 Å². The van der Waals surface area contributed by atoms with E-state index >= 15 is 0 Å². The van der Waals surface area contributed by atoms with Crippen LogP contribution in [0.25, 0.3) is 0 Å². The van der Waals surface area contributed by atoms with Gasteiger partial charge in [0.2, 0.25) is 5.76 Å². The van der Waals surface area contributed by atoms with Crippen LogP contribution in [0.5, 0.6) is 0 Å². The molecule has 1 aromatic heterocycles. The summed E-state index contributed by atoms with van der Waals surface area (Å²) in [5.74, 6) is -1.54. The summed E-state index contributed by atoms with van der Waals surface area (Å²) in [6.07, 6.45) is 1.58. The van der Waals surface area contributed by atoms with Gasteiger partial charge in [0.1, 0.15) is 0 Å². The molecule has 0 saturated heterocycles. The maximum Gasteiger partial charge on any atom is 0.306 e. The smallest absolute Gasteiger partial charge is 0.306 e. The van der Waals surface area contributed by atoms with Crippen molar-refractivity contribution in [2.24, 2.45) is 5.92 Å². The van der Waals surface area contributed by atoms with Gasteiger partial charge in [-0.1, -0.05) is 6.92 Å². The second-order valence-corrected chi connectivity index (χ2v) is 3.55. The highest BCUT2D eigenvalue weighted by Crippen LogP contribution is 2.05. The Hall–Kier alpha value is -1.85. The van der Waals surface area contributed by atoms with Crippen LogP contribution in [0.15, 0.2) is 10.8 Å². The van der Waals surface area contributed by atoms with E-state index in [1.165, 1.54) is 6.39 Å². The summed E-state index contributed by atoms with van der Waals surface area (Å²) in [6, 6.07) is 0. The summed E-state index contributed by atoms with van der Waals surface area (Å²) in [4.78, 5) is 25.8. The van der Waals surface area contributed by atoms with Crippen LogP contribution < -0.4 is 5.32 Å². The lowest BCUT2D eigenvalue weighted by atomic mass is 10.1. The Bertz CT molecular complexity index is 386. The number of rotatable bonds is 5. The topological polar surface area (TPSA) is 92.4 Å². The van der Waals surface area contributed by atoms with Crippen LogP contribution in [0.1, 0.15) is 29.6 Å². The van der Waals surface area contributed by atoms with Crippen molar-refractivity contribution in [1.29, 1.82) is 0 Å². The second kappa shape index (κ2) is 5.29. The normalized spacial score (nSPS) is 12.1. The van der Waals surface area contributed by atoms with E-state index < -0.39 is 11.9 Å². The number of carboxylic acids is 1. The van der Waals surface area contributed by atoms with Crippen molar-refractivity contribution in [3.63, 3.8) is 0 Å². The number of aryl methyl sites for hydroxylation is 1. The van der Waals surface area contributed by atoms with Gasteiger partial charge in [-0.2, -0.15) is 0 Å². The van der Waals surface area contributed by atoms with Gasteiger partial charge in [-0.25, -0.2) is 4.98 Å². The molecule has 1 rings (SSSR count). The highest BCUT2D eigenvalue weighted by molar-refractivity contribution is 5.92. The van der Waals surface area contributed by atoms with Gasteiger partial charge < -0.3 is 14.8 Å². The van der Waals surface area contributed by atoms with E-state index in [9.17, 15) is 9.59 Å². The molecule has 0 saturated carbocycles. The largest absolute Gasteiger partial charge is 0.481 e. The third-order valence-corrected chi connectivity index (χ3v) is 2.24. The fraction of sp³-hybridized carbons (Fsp3) is 0.500. The van der Waals surface area contributed by atoms with Gasteiger partial charge in [-0.05, 0) is 13.3 Å². The number of carbonyl (C=O) groups excluding carboxylic acids is 1. The van der Waals surface area contributed by atoms with Crippen molar-refractivity contribution in [3.05, 3.63) is 17.8 Å². The van der Waals surface area contributed by atoms with E-state index in [0.29, 0.717) is 18.7 Å². The zero-order valence-electron chi connectivity index (χ0n) is 9.19. The molecular weight excluding hydrogens is 212 g/mol. The summed E-state index contributed by atoms with van der Waals surface area (Å²) in [5.41, 5.74) is 0.517. The number of carboxylic acid groups (broad SMARTS) is 1. The molecule has 0 fully saturated rings. The lowest BCUT2D eigenvalue weighted by Crippen LogP contribution is -2.27. The maximum absolute atomic E-state index is 11.5. The zero-order valence-corrected chi connectivity index (χ0v) is 9.19. The average Bonchev–Trinajstić information content (AvgIpc) is 2.64. The second-order valence-electron chi connectivity index (χ2n) is 3.55. The highest BCUT2D eigenvalue weighted by Gasteiger charge is 2.15. The number of oxazole rings is 1. The SMILES string of the molecule is Cc1ncoc1C(=O)NCCC(C)C(=O)O. The van der Waals surface area contributed by atoms with Crippen molar-refractivity contribution in [3.8, 4) is 0 Å². The Labute approximate surface area is 92.7 Å². The summed E-state index contributed by atoms with van der Waals surface area (Å²) in [7, 11) is 0. The molecule has 1 aromatic rings. The lowest BCUT2D eigenvalue weighted by molar-refractivity contribution is -0.141. The molecule has 2 N–H and O–H groups in total. The van der Waals surface area contributed by atoms with Crippen LogP contribution >= 0.6 is 0 Å². The van der Waals surface area contributed by atoms with E-state index in [1.807, 2.05) is 0 Å². The van der Waals surface area contributed by atoms with Crippen molar-refractivity contribution in [2.75, 3.05) is 6.54 Å². The van der Waals surface area contributed by atoms with Crippen molar-refractivity contribution < 1.29 is 19.1 Å². The van der Waals surface area contributed by atoms with Gasteiger partial charge in [-0.15, -0.1) is 0 Å². The number of aromatic nitrogens is 1. The molecule has 16 heavy (non-hydrogen) atoms. The molecule has 0 aliphatic rings. The molecule has 6 heteroatoms. The molecule has 88 valence electrons. The molecule has 6 nitrogen and oxygen atoms in total. The summed E-state index contributed by atoms with van der Waals surface area (Å²) >= 11 is 0. The monoisotopic (exact) mass is 226 g/mol. The molecule has 0 aliphatic heterocycles. The summed E-state index contributed by atoms with van der Waals surface area (Å²) in [6.45, 7) is 3.55. The van der Waals surface area contributed by atoms with Crippen LogP contribution in [0, 0.1) is 12.8 Å². The molecule has 1 heterocycles. The molecule has 0 spiro atoms. The van der Waals surface area contributed by atoms with Gasteiger partial charge in [0.05, 0.1) is 11.6 Å². The first-order chi connectivity index (χ1) is 7.52. The quantitative estimate of drug-likeness (QED) is 0.775. The molecule has 0 aliphatic carbocycles. The minimum atomic E-state index is -0.870. The van der Waals surface area contributed by atoms with Crippen molar-refractivity contribution in [2.45, 2.75) is 20.3 Å². The van der Waals surface area contributed by atoms with E-state index in [4.69, 9.17) is 9.52 Å². The molecular formula is C10H14N2O4. The Morgan fingerprint density at radius 3 is 2.81 bits per heavy atom. The number of nitrogens with one attached hydrogen (secondary N) is 1. The fourth-order valence-corrected chi connectivity index (χ4v) is 1.13.